The molecular formula is C67H124O6. The van der Waals surface area contributed by atoms with Crippen LogP contribution in [0.2, 0.25) is 0 Å². The summed E-state index contributed by atoms with van der Waals surface area (Å²) in [6.07, 6.45) is 75.7. The van der Waals surface area contributed by atoms with Gasteiger partial charge in [0.15, 0.2) is 6.10 Å². The molecule has 0 radical (unpaired) electrons. The van der Waals surface area contributed by atoms with Crippen molar-refractivity contribution in [1.82, 2.24) is 0 Å². The van der Waals surface area contributed by atoms with Gasteiger partial charge in [0.05, 0.1) is 0 Å². The smallest absolute Gasteiger partial charge is 0.306 e. The van der Waals surface area contributed by atoms with Crippen molar-refractivity contribution in [3.05, 3.63) is 36.5 Å². The molecule has 0 rings (SSSR count). The number of rotatable bonds is 60. The minimum atomic E-state index is -0.777. The van der Waals surface area contributed by atoms with Crippen molar-refractivity contribution in [2.45, 2.75) is 361 Å². The van der Waals surface area contributed by atoms with Gasteiger partial charge in [-0.1, -0.05) is 295 Å². The molecule has 73 heavy (non-hydrogen) atoms. The first kappa shape index (κ1) is 70.6. The summed E-state index contributed by atoms with van der Waals surface area (Å²) in [6, 6.07) is 0. The molecule has 6 nitrogen and oxygen atoms in total. The molecule has 0 spiro atoms. The highest BCUT2D eigenvalue weighted by Crippen LogP contribution is 2.17. The highest BCUT2D eigenvalue weighted by atomic mass is 16.6. The molecule has 0 aromatic rings. The topological polar surface area (TPSA) is 78.9 Å². The fourth-order valence-corrected chi connectivity index (χ4v) is 9.71. The van der Waals surface area contributed by atoms with Crippen LogP contribution >= 0.6 is 0 Å². The Balaban J connectivity index is 4.32. The van der Waals surface area contributed by atoms with Gasteiger partial charge >= 0.3 is 17.9 Å². The molecule has 0 saturated carbocycles. The first-order valence-corrected chi connectivity index (χ1v) is 32.5. The highest BCUT2D eigenvalue weighted by Gasteiger charge is 2.19. The van der Waals surface area contributed by atoms with Gasteiger partial charge in [0.1, 0.15) is 13.2 Å². The zero-order valence-corrected chi connectivity index (χ0v) is 49.2. The molecule has 0 aromatic carbocycles. The van der Waals surface area contributed by atoms with E-state index in [0.29, 0.717) is 19.3 Å². The molecule has 0 aliphatic heterocycles. The Morgan fingerprint density at radius 2 is 0.493 bits per heavy atom. The van der Waals surface area contributed by atoms with Crippen LogP contribution in [0.5, 0.6) is 0 Å². The number of ether oxygens (including phenoxy) is 3. The van der Waals surface area contributed by atoms with Gasteiger partial charge in [-0.25, -0.2) is 0 Å². The van der Waals surface area contributed by atoms with Crippen molar-refractivity contribution in [3.8, 4) is 0 Å². The standard InChI is InChI=1S/C67H124O6/c1-4-7-10-13-16-19-22-25-28-31-32-33-34-37-39-42-45-48-51-54-57-60-66(69)72-63-64(73-67(70)61-58-55-52-49-46-43-40-36-30-27-24-21-18-15-12-9-6-3)62-71-65(68)59-56-53-50-47-44-41-38-35-29-26-23-20-17-14-11-8-5-2/h18,21,26-27,29-30,64H,4-17,19-20,22-25,28,31-63H2,1-3H3/b21-18-,29-26-,30-27-. The van der Waals surface area contributed by atoms with Gasteiger partial charge in [0, 0.05) is 19.3 Å². The van der Waals surface area contributed by atoms with E-state index in [1.165, 1.54) is 244 Å². The molecule has 0 aliphatic rings. The highest BCUT2D eigenvalue weighted by molar-refractivity contribution is 5.71. The van der Waals surface area contributed by atoms with Crippen molar-refractivity contribution in [3.63, 3.8) is 0 Å². The van der Waals surface area contributed by atoms with Gasteiger partial charge in [-0.05, 0) is 77.0 Å². The number of esters is 3. The van der Waals surface area contributed by atoms with Crippen LogP contribution in [0.15, 0.2) is 36.5 Å². The molecule has 0 N–H and O–H groups in total. The van der Waals surface area contributed by atoms with E-state index in [9.17, 15) is 14.4 Å². The molecule has 0 saturated heterocycles. The predicted octanol–water partition coefficient (Wildman–Crippen LogP) is 22.0. The van der Waals surface area contributed by atoms with Gasteiger partial charge < -0.3 is 14.2 Å². The van der Waals surface area contributed by atoms with E-state index < -0.39 is 6.10 Å². The Bertz CT molecular complexity index is 1220. The fourth-order valence-electron chi connectivity index (χ4n) is 9.71. The Morgan fingerprint density at radius 3 is 0.795 bits per heavy atom. The van der Waals surface area contributed by atoms with Crippen LogP contribution in [-0.4, -0.2) is 37.2 Å². The zero-order chi connectivity index (χ0) is 52.9. The van der Waals surface area contributed by atoms with Gasteiger partial charge in [-0.15, -0.1) is 0 Å². The number of carbonyl (C=O) groups is 3. The van der Waals surface area contributed by atoms with Crippen molar-refractivity contribution in [1.29, 1.82) is 0 Å². The lowest BCUT2D eigenvalue weighted by Gasteiger charge is -2.18. The molecule has 428 valence electrons. The van der Waals surface area contributed by atoms with E-state index in [2.05, 4.69) is 57.2 Å². The summed E-state index contributed by atoms with van der Waals surface area (Å²) >= 11 is 0. The monoisotopic (exact) mass is 1020 g/mol. The van der Waals surface area contributed by atoms with Crippen molar-refractivity contribution in [2.75, 3.05) is 13.2 Å². The second-order valence-electron chi connectivity index (χ2n) is 22.0. The number of unbranched alkanes of at least 4 members (excludes halogenated alkanes) is 43. The third-order valence-corrected chi connectivity index (χ3v) is 14.6. The Morgan fingerprint density at radius 1 is 0.274 bits per heavy atom. The largest absolute Gasteiger partial charge is 0.462 e. The van der Waals surface area contributed by atoms with Crippen LogP contribution in [0.1, 0.15) is 355 Å². The predicted molar refractivity (Wildman–Crippen MR) is 316 cm³/mol. The third-order valence-electron chi connectivity index (χ3n) is 14.6. The number of carbonyl (C=O) groups excluding carboxylic acids is 3. The third kappa shape index (κ3) is 60.4. The quantitative estimate of drug-likeness (QED) is 0.0261. The first-order valence-electron chi connectivity index (χ1n) is 32.5. The molecule has 0 amide bonds. The van der Waals surface area contributed by atoms with E-state index in [0.717, 1.165) is 70.6 Å². The Hall–Kier alpha value is -2.37. The lowest BCUT2D eigenvalue weighted by atomic mass is 10.0. The normalized spacial score (nSPS) is 12.2. The SMILES string of the molecule is CCCCC/C=C\C/C=C\CCCCCCCCCC(=O)OC(COC(=O)CCCCCCCCC/C=C\CCCCCCCC)COC(=O)CCCCCCCCCCCCCCCCCCCCCCC. The summed E-state index contributed by atoms with van der Waals surface area (Å²) in [5.74, 6) is -0.860. The summed E-state index contributed by atoms with van der Waals surface area (Å²) in [4.78, 5) is 38.3. The van der Waals surface area contributed by atoms with Crippen molar-refractivity contribution in [2.24, 2.45) is 0 Å². The molecule has 0 bridgehead atoms. The maximum absolute atomic E-state index is 12.9. The van der Waals surface area contributed by atoms with E-state index in [-0.39, 0.29) is 31.1 Å². The zero-order valence-electron chi connectivity index (χ0n) is 49.2. The van der Waals surface area contributed by atoms with Crippen LogP contribution < -0.4 is 0 Å². The van der Waals surface area contributed by atoms with Gasteiger partial charge in [-0.2, -0.15) is 0 Å². The number of hydrogen-bond acceptors (Lipinski definition) is 6. The molecule has 1 atom stereocenters. The van der Waals surface area contributed by atoms with Gasteiger partial charge in [-0.3, -0.25) is 14.4 Å². The Kier molecular flexibility index (Phi) is 60.2. The summed E-state index contributed by atoms with van der Waals surface area (Å²) < 4.78 is 17.0. The maximum atomic E-state index is 12.9. The second kappa shape index (κ2) is 62.2. The minimum absolute atomic E-state index is 0.0725. The minimum Gasteiger partial charge on any atom is -0.462 e. The van der Waals surface area contributed by atoms with Crippen LogP contribution in [0.3, 0.4) is 0 Å². The lowest BCUT2D eigenvalue weighted by molar-refractivity contribution is -0.167. The summed E-state index contributed by atoms with van der Waals surface area (Å²) in [6.45, 7) is 6.66. The summed E-state index contributed by atoms with van der Waals surface area (Å²) in [7, 11) is 0. The molecular weight excluding hydrogens is 901 g/mol. The maximum Gasteiger partial charge on any atom is 0.306 e. The molecule has 0 aromatic heterocycles. The van der Waals surface area contributed by atoms with Crippen LogP contribution in [-0.2, 0) is 28.6 Å². The van der Waals surface area contributed by atoms with Crippen LogP contribution in [0.25, 0.3) is 0 Å². The van der Waals surface area contributed by atoms with Crippen LogP contribution in [0.4, 0.5) is 0 Å². The van der Waals surface area contributed by atoms with Crippen molar-refractivity contribution >= 4 is 17.9 Å². The second-order valence-corrected chi connectivity index (χ2v) is 22.0. The molecule has 0 fully saturated rings. The first-order chi connectivity index (χ1) is 36.0. The summed E-state index contributed by atoms with van der Waals surface area (Å²) in [5.41, 5.74) is 0. The number of allylic oxidation sites excluding steroid dienone is 6. The summed E-state index contributed by atoms with van der Waals surface area (Å²) in [5, 5.41) is 0. The van der Waals surface area contributed by atoms with E-state index in [1.54, 1.807) is 0 Å². The van der Waals surface area contributed by atoms with Gasteiger partial charge in [0.2, 0.25) is 0 Å². The van der Waals surface area contributed by atoms with E-state index in [1.807, 2.05) is 0 Å². The van der Waals surface area contributed by atoms with E-state index in [4.69, 9.17) is 14.2 Å². The molecule has 0 aliphatic carbocycles. The molecule has 0 heterocycles. The molecule has 6 heteroatoms. The van der Waals surface area contributed by atoms with Crippen LogP contribution in [0, 0.1) is 0 Å². The lowest BCUT2D eigenvalue weighted by Crippen LogP contribution is -2.30. The average molecular weight is 1030 g/mol. The average Bonchev–Trinajstić information content (AvgIpc) is 3.39. The van der Waals surface area contributed by atoms with Gasteiger partial charge in [0.25, 0.3) is 0 Å². The van der Waals surface area contributed by atoms with Crippen molar-refractivity contribution < 1.29 is 28.6 Å². The molecule has 1 unspecified atom stereocenters. The number of hydrogen-bond donors (Lipinski definition) is 0. The van der Waals surface area contributed by atoms with E-state index >= 15 is 0 Å². The fraction of sp³-hybridized carbons (Fsp3) is 0.866. The Labute approximate surface area is 455 Å².